The van der Waals surface area contributed by atoms with Crippen molar-refractivity contribution in [2.75, 3.05) is 12.3 Å². The molecule has 0 aliphatic carbocycles. The highest BCUT2D eigenvalue weighted by Gasteiger charge is 2.20. The fraction of sp³-hybridized carbons (Fsp3) is 0.154. The predicted molar refractivity (Wildman–Crippen MR) is 131 cm³/mol. The Hall–Kier alpha value is -4.09. The standard InChI is InChI=1S/C26H23N5O2S/c1-2-14-30(17-22-12-10-20(16-27)11-13-22)24(32)19-34-26-29-28-25(23-9-6-15-33-23)31(26)18-21-7-4-3-5-8-21/h2-13,15H,1,14,17-19H2. The van der Waals surface area contributed by atoms with Gasteiger partial charge in [-0.15, -0.1) is 16.8 Å². The first-order valence-corrected chi connectivity index (χ1v) is 11.7. The molecule has 0 unspecified atom stereocenters. The molecule has 2 aromatic heterocycles. The first kappa shape index (κ1) is 23.1. The third-order valence-electron chi connectivity index (χ3n) is 5.13. The van der Waals surface area contributed by atoms with E-state index in [-0.39, 0.29) is 11.7 Å². The number of nitrogens with zero attached hydrogens (tertiary/aromatic N) is 5. The van der Waals surface area contributed by atoms with Gasteiger partial charge in [0, 0.05) is 13.1 Å². The number of amides is 1. The SMILES string of the molecule is C=CCN(Cc1ccc(C#N)cc1)C(=O)CSc1nnc(-c2ccco2)n1Cc1ccccc1. The Morgan fingerprint density at radius 3 is 2.56 bits per heavy atom. The lowest BCUT2D eigenvalue weighted by Gasteiger charge is -2.21. The molecule has 0 aliphatic heterocycles. The second-order valence-electron chi connectivity index (χ2n) is 7.52. The summed E-state index contributed by atoms with van der Waals surface area (Å²) in [4.78, 5) is 14.8. The van der Waals surface area contributed by atoms with Crippen molar-refractivity contribution in [1.29, 1.82) is 5.26 Å². The van der Waals surface area contributed by atoms with Gasteiger partial charge in [0.1, 0.15) is 0 Å². The van der Waals surface area contributed by atoms with Crippen molar-refractivity contribution in [3.63, 3.8) is 0 Å². The molecule has 2 heterocycles. The van der Waals surface area contributed by atoms with Crippen molar-refractivity contribution >= 4 is 17.7 Å². The first-order chi connectivity index (χ1) is 16.7. The van der Waals surface area contributed by atoms with Gasteiger partial charge in [0.05, 0.1) is 30.2 Å². The van der Waals surface area contributed by atoms with Gasteiger partial charge in [-0.3, -0.25) is 9.36 Å². The number of carbonyl (C=O) groups is 1. The van der Waals surface area contributed by atoms with Crippen LogP contribution in [-0.2, 0) is 17.9 Å². The van der Waals surface area contributed by atoms with Crippen molar-refractivity contribution in [2.24, 2.45) is 0 Å². The van der Waals surface area contributed by atoms with E-state index in [1.165, 1.54) is 11.8 Å². The number of hydrogen-bond acceptors (Lipinski definition) is 6. The number of hydrogen-bond donors (Lipinski definition) is 0. The average Bonchev–Trinajstić information content (AvgIpc) is 3.53. The molecule has 0 N–H and O–H groups in total. The summed E-state index contributed by atoms with van der Waals surface area (Å²) >= 11 is 1.34. The minimum absolute atomic E-state index is 0.0388. The number of furan rings is 1. The van der Waals surface area contributed by atoms with Gasteiger partial charge < -0.3 is 9.32 Å². The zero-order valence-corrected chi connectivity index (χ0v) is 19.3. The lowest BCUT2D eigenvalue weighted by molar-refractivity contribution is -0.128. The van der Waals surface area contributed by atoms with Gasteiger partial charge in [0.15, 0.2) is 10.9 Å². The van der Waals surface area contributed by atoms with Crippen molar-refractivity contribution in [3.05, 3.63) is 102 Å². The summed E-state index contributed by atoms with van der Waals surface area (Å²) in [7, 11) is 0. The topological polar surface area (TPSA) is 87.9 Å². The summed E-state index contributed by atoms with van der Waals surface area (Å²) in [5.41, 5.74) is 2.63. The van der Waals surface area contributed by atoms with Gasteiger partial charge in [0.2, 0.25) is 11.7 Å². The molecule has 34 heavy (non-hydrogen) atoms. The summed E-state index contributed by atoms with van der Waals surface area (Å²) in [6.45, 7) is 5.20. The molecule has 0 saturated heterocycles. The molecule has 0 saturated carbocycles. The summed E-state index contributed by atoms with van der Waals surface area (Å²) in [5, 5.41) is 18.3. The molecule has 0 aliphatic rings. The van der Waals surface area contributed by atoms with Crippen LogP contribution in [0.5, 0.6) is 0 Å². The Labute approximate surface area is 202 Å². The Morgan fingerprint density at radius 2 is 1.88 bits per heavy atom. The monoisotopic (exact) mass is 469 g/mol. The molecular weight excluding hydrogens is 446 g/mol. The van der Waals surface area contributed by atoms with E-state index in [2.05, 4.69) is 22.8 Å². The highest BCUT2D eigenvalue weighted by molar-refractivity contribution is 7.99. The summed E-state index contributed by atoms with van der Waals surface area (Å²) in [6.07, 6.45) is 3.31. The van der Waals surface area contributed by atoms with Gasteiger partial charge in [-0.05, 0) is 35.4 Å². The maximum atomic E-state index is 13.1. The van der Waals surface area contributed by atoms with Crippen LogP contribution in [0, 0.1) is 11.3 Å². The van der Waals surface area contributed by atoms with Crippen LogP contribution in [-0.4, -0.2) is 37.9 Å². The molecule has 2 aromatic carbocycles. The molecule has 170 valence electrons. The largest absolute Gasteiger partial charge is 0.461 e. The van der Waals surface area contributed by atoms with Crippen LogP contribution in [0.15, 0.2) is 95.2 Å². The zero-order chi connectivity index (χ0) is 23.8. The van der Waals surface area contributed by atoms with Crippen molar-refractivity contribution in [2.45, 2.75) is 18.2 Å². The average molecular weight is 470 g/mol. The van der Waals surface area contributed by atoms with Crippen molar-refractivity contribution in [3.8, 4) is 17.7 Å². The third kappa shape index (κ3) is 5.63. The van der Waals surface area contributed by atoms with E-state index in [4.69, 9.17) is 9.68 Å². The number of nitriles is 1. The Balaban J connectivity index is 1.50. The number of carbonyl (C=O) groups excluding carboxylic acids is 1. The van der Waals surface area contributed by atoms with Gasteiger partial charge in [-0.25, -0.2) is 0 Å². The fourth-order valence-corrected chi connectivity index (χ4v) is 4.27. The normalized spacial score (nSPS) is 10.6. The fourth-order valence-electron chi connectivity index (χ4n) is 3.43. The second-order valence-corrected chi connectivity index (χ2v) is 8.46. The molecule has 7 nitrogen and oxygen atoms in total. The van der Waals surface area contributed by atoms with E-state index in [1.54, 1.807) is 29.4 Å². The quantitative estimate of drug-likeness (QED) is 0.246. The van der Waals surface area contributed by atoms with Crippen LogP contribution >= 0.6 is 11.8 Å². The van der Waals surface area contributed by atoms with Crippen molar-refractivity contribution in [1.82, 2.24) is 19.7 Å². The van der Waals surface area contributed by atoms with E-state index >= 15 is 0 Å². The Bertz CT molecular complexity index is 1280. The molecule has 0 fully saturated rings. The molecule has 8 heteroatoms. The molecule has 4 rings (SSSR count). The third-order valence-corrected chi connectivity index (χ3v) is 6.08. The molecule has 0 atom stereocenters. The van der Waals surface area contributed by atoms with Gasteiger partial charge in [0.25, 0.3) is 0 Å². The number of benzene rings is 2. The Kier molecular flexibility index (Phi) is 7.58. The number of thioether (sulfide) groups is 1. The van der Waals surface area contributed by atoms with E-state index in [1.807, 2.05) is 59.2 Å². The summed E-state index contributed by atoms with van der Waals surface area (Å²) in [6, 6.07) is 23.0. The van der Waals surface area contributed by atoms with E-state index in [0.29, 0.717) is 41.9 Å². The molecule has 1 amide bonds. The molecule has 4 aromatic rings. The van der Waals surface area contributed by atoms with E-state index in [9.17, 15) is 4.79 Å². The van der Waals surface area contributed by atoms with Crippen molar-refractivity contribution < 1.29 is 9.21 Å². The first-order valence-electron chi connectivity index (χ1n) is 10.7. The minimum Gasteiger partial charge on any atom is -0.461 e. The second kappa shape index (κ2) is 11.2. The Morgan fingerprint density at radius 1 is 1.09 bits per heavy atom. The molecule has 0 spiro atoms. The maximum absolute atomic E-state index is 13.1. The van der Waals surface area contributed by atoms with Crippen LogP contribution in [0.2, 0.25) is 0 Å². The van der Waals surface area contributed by atoms with Gasteiger partial charge in [-0.1, -0.05) is 60.3 Å². The molecule has 0 bridgehead atoms. The summed E-state index contributed by atoms with van der Waals surface area (Å²) < 4.78 is 7.51. The lowest BCUT2D eigenvalue weighted by atomic mass is 10.1. The predicted octanol–water partition coefficient (Wildman–Crippen LogP) is 4.76. The number of rotatable bonds is 10. The highest BCUT2D eigenvalue weighted by Crippen LogP contribution is 2.26. The highest BCUT2D eigenvalue weighted by atomic mass is 32.2. The lowest BCUT2D eigenvalue weighted by Crippen LogP contribution is -2.32. The maximum Gasteiger partial charge on any atom is 0.233 e. The molecule has 0 radical (unpaired) electrons. The number of aromatic nitrogens is 3. The smallest absolute Gasteiger partial charge is 0.233 e. The van der Waals surface area contributed by atoms with Crippen LogP contribution in [0.3, 0.4) is 0 Å². The van der Waals surface area contributed by atoms with Crippen LogP contribution in [0.1, 0.15) is 16.7 Å². The zero-order valence-electron chi connectivity index (χ0n) is 18.5. The summed E-state index contributed by atoms with van der Waals surface area (Å²) in [5.74, 6) is 1.40. The van der Waals surface area contributed by atoms with E-state index in [0.717, 1.165) is 11.1 Å². The minimum atomic E-state index is -0.0388. The van der Waals surface area contributed by atoms with Crippen LogP contribution in [0.25, 0.3) is 11.6 Å². The van der Waals surface area contributed by atoms with Gasteiger partial charge >= 0.3 is 0 Å². The van der Waals surface area contributed by atoms with Gasteiger partial charge in [-0.2, -0.15) is 5.26 Å². The molecular formula is C26H23N5O2S. The van der Waals surface area contributed by atoms with E-state index < -0.39 is 0 Å². The van der Waals surface area contributed by atoms with Crippen LogP contribution in [0.4, 0.5) is 0 Å². The van der Waals surface area contributed by atoms with Crippen LogP contribution < -0.4 is 0 Å².